The molecule has 24 heavy (non-hydrogen) atoms. The van der Waals surface area contributed by atoms with E-state index in [1.54, 1.807) is 0 Å². The average Bonchev–Trinajstić information content (AvgIpc) is 2.97. The summed E-state index contributed by atoms with van der Waals surface area (Å²) >= 11 is 0. The number of ether oxygens (including phenoxy) is 3. The van der Waals surface area contributed by atoms with Crippen LogP contribution >= 0.6 is 24.0 Å². The molecule has 2 heterocycles. The van der Waals surface area contributed by atoms with Gasteiger partial charge in [0.25, 0.3) is 0 Å². The summed E-state index contributed by atoms with van der Waals surface area (Å²) in [4.78, 5) is 4.36. The normalized spacial score (nSPS) is 23.0. The Kier molecular flexibility index (Phi) is 7.73. The molecule has 0 bridgehead atoms. The third-order valence-corrected chi connectivity index (χ3v) is 4.20. The molecule has 0 saturated carbocycles. The van der Waals surface area contributed by atoms with E-state index in [2.05, 4.69) is 22.4 Å². The van der Waals surface area contributed by atoms with Crippen molar-refractivity contribution in [2.24, 2.45) is 10.7 Å². The third kappa shape index (κ3) is 5.58. The maximum atomic E-state index is 6.02. The minimum Gasteiger partial charge on any atom is -0.381 e. The van der Waals surface area contributed by atoms with Gasteiger partial charge in [0.1, 0.15) is 6.10 Å². The Labute approximate surface area is 160 Å². The van der Waals surface area contributed by atoms with Gasteiger partial charge in [-0.05, 0) is 12.0 Å². The number of hydrogen-bond acceptors (Lipinski definition) is 4. The monoisotopic (exact) mass is 447 g/mol. The van der Waals surface area contributed by atoms with E-state index in [0.717, 1.165) is 25.8 Å². The Balaban J connectivity index is 0.00000208. The second-order valence-electron chi connectivity index (χ2n) is 5.96. The van der Waals surface area contributed by atoms with Crippen molar-refractivity contribution in [3.05, 3.63) is 35.9 Å². The van der Waals surface area contributed by atoms with E-state index in [0.29, 0.717) is 32.3 Å². The fourth-order valence-electron chi connectivity index (χ4n) is 2.89. The number of benzene rings is 1. The third-order valence-electron chi connectivity index (χ3n) is 4.20. The largest absolute Gasteiger partial charge is 0.381 e. The topological polar surface area (TPSA) is 78.1 Å². The second-order valence-corrected chi connectivity index (χ2v) is 5.96. The van der Waals surface area contributed by atoms with Gasteiger partial charge in [-0.1, -0.05) is 30.3 Å². The molecule has 134 valence electrons. The number of aliphatic imine (C=N–C) groups is 1. The molecule has 1 unspecified atom stereocenters. The minimum atomic E-state index is -0.450. The van der Waals surface area contributed by atoms with Gasteiger partial charge in [-0.25, -0.2) is 0 Å². The standard InChI is InChI=1S/C17H25N3O3.HI/c18-16(19-9-6-14-4-2-1-3-5-14)20-12-15-13-22-17(23-15)7-10-21-11-8-17;/h1-5,15H,6-13H2,(H3,18,19,20);1H. The zero-order valence-corrected chi connectivity index (χ0v) is 16.1. The molecule has 3 rings (SSSR count). The Morgan fingerprint density at radius 3 is 2.75 bits per heavy atom. The van der Waals surface area contributed by atoms with Gasteiger partial charge in [-0.3, -0.25) is 4.99 Å². The number of halogens is 1. The molecule has 6 nitrogen and oxygen atoms in total. The highest BCUT2D eigenvalue weighted by Crippen LogP contribution is 2.33. The fraction of sp³-hybridized carbons (Fsp3) is 0.588. The zero-order chi connectivity index (χ0) is 16.0. The lowest BCUT2D eigenvalue weighted by Gasteiger charge is -2.31. The molecule has 1 atom stereocenters. The number of rotatable bonds is 5. The minimum absolute atomic E-state index is 0. The summed E-state index contributed by atoms with van der Waals surface area (Å²) in [5.74, 6) is 0.00552. The lowest BCUT2D eigenvalue weighted by atomic mass is 10.1. The second kappa shape index (κ2) is 9.55. The smallest absolute Gasteiger partial charge is 0.188 e. The van der Waals surface area contributed by atoms with Crippen LogP contribution in [-0.4, -0.2) is 50.8 Å². The Morgan fingerprint density at radius 1 is 1.25 bits per heavy atom. The van der Waals surface area contributed by atoms with Gasteiger partial charge in [0.05, 0.1) is 26.4 Å². The van der Waals surface area contributed by atoms with Crippen molar-refractivity contribution < 1.29 is 14.2 Å². The van der Waals surface area contributed by atoms with E-state index < -0.39 is 5.79 Å². The molecule has 1 spiro atoms. The highest BCUT2D eigenvalue weighted by atomic mass is 127. The first-order valence-electron chi connectivity index (χ1n) is 8.23. The lowest BCUT2D eigenvalue weighted by molar-refractivity contribution is -0.210. The Hall–Kier alpha value is -0.900. The van der Waals surface area contributed by atoms with E-state index in [4.69, 9.17) is 19.9 Å². The lowest BCUT2D eigenvalue weighted by Crippen LogP contribution is -2.38. The van der Waals surface area contributed by atoms with Crippen molar-refractivity contribution in [3.8, 4) is 0 Å². The molecule has 2 fully saturated rings. The molecule has 0 amide bonds. The van der Waals surface area contributed by atoms with Gasteiger partial charge in [-0.2, -0.15) is 0 Å². The molecule has 0 radical (unpaired) electrons. The van der Waals surface area contributed by atoms with Crippen LogP contribution in [0.2, 0.25) is 0 Å². The van der Waals surface area contributed by atoms with Crippen molar-refractivity contribution >= 4 is 29.9 Å². The summed E-state index contributed by atoms with van der Waals surface area (Å²) in [6.45, 7) is 3.24. The molecule has 0 aromatic heterocycles. The maximum absolute atomic E-state index is 6.02. The number of nitrogens with one attached hydrogen (secondary N) is 1. The van der Waals surface area contributed by atoms with Crippen LogP contribution in [0.5, 0.6) is 0 Å². The number of guanidine groups is 1. The molecule has 2 aliphatic rings. The molecule has 3 N–H and O–H groups in total. The molecule has 1 aromatic carbocycles. The van der Waals surface area contributed by atoms with Gasteiger partial charge >= 0.3 is 0 Å². The maximum Gasteiger partial charge on any atom is 0.188 e. The van der Waals surface area contributed by atoms with Gasteiger partial charge in [0, 0.05) is 19.4 Å². The summed E-state index contributed by atoms with van der Waals surface area (Å²) in [5.41, 5.74) is 7.19. The van der Waals surface area contributed by atoms with Crippen molar-refractivity contribution in [2.45, 2.75) is 31.2 Å². The van der Waals surface area contributed by atoms with Crippen LogP contribution in [0.1, 0.15) is 18.4 Å². The highest BCUT2D eigenvalue weighted by Gasteiger charge is 2.42. The molecule has 0 aliphatic carbocycles. The fourth-order valence-corrected chi connectivity index (χ4v) is 2.89. The van der Waals surface area contributed by atoms with E-state index >= 15 is 0 Å². The summed E-state index contributed by atoms with van der Waals surface area (Å²) in [7, 11) is 0. The van der Waals surface area contributed by atoms with Crippen LogP contribution in [0.3, 0.4) is 0 Å². The van der Waals surface area contributed by atoms with E-state index in [1.807, 2.05) is 18.2 Å². The molecule has 7 heteroatoms. The molecular formula is C17H26IN3O3. The first-order valence-corrected chi connectivity index (χ1v) is 8.23. The number of nitrogens with zero attached hydrogens (tertiary/aromatic N) is 1. The van der Waals surface area contributed by atoms with Crippen LogP contribution in [0.4, 0.5) is 0 Å². The molecule has 1 aromatic rings. The quantitative estimate of drug-likeness (QED) is 0.408. The molecule has 2 aliphatic heterocycles. The van der Waals surface area contributed by atoms with Crippen LogP contribution < -0.4 is 11.1 Å². The van der Waals surface area contributed by atoms with Gasteiger partial charge in [0.15, 0.2) is 11.7 Å². The average molecular weight is 447 g/mol. The summed E-state index contributed by atoms with van der Waals surface area (Å²) in [6.07, 6.45) is 2.47. The van der Waals surface area contributed by atoms with Gasteiger partial charge in [0.2, 0.25) is 0 Å². The molecule has 2 saturated heterocycles. The van der Waals surface area contributed by atoms with Crippen LogP contribution in [0.15, 0.2) is 35.3 Å². The van der Waals surface area contributed by atoms with Crippen LogP contribution in [0, 0.1) is 0 Å². The van der Waals surface area contributed by atoms with E-state index in [1.165, 1.54) is 5.56 Å². The predicted molar refractivity (Wildman–Crippen MR) is 104 cm³/mol. The van der Waals surface area contributed by atoms with Crippen molar-refractivity contribution in [1.82, 2.24) is 5.32 Å². The summed E-state index contributed by atoms with van der Waals surface area (Å²) in [6, 6.07) is 10.3. The van der Waals surface area contributed by atoms with E-state index in [-0.39, 0.29) is 30.1 Å². The SMILES string of the molecule is I.NC(=NCC1COC2(CCOCC2)O1)NCCc1ccccc1. The van der Waals surface area contributed by atoms with Crippen molar-refractivity contribution in [2.75, 3.05) is 32.9 Å². The van der Waals surface area contributed by atoms with Crippen LogP contribution in [-0.2, 0) is 20.6 Å². The van der Waals surface area contributed by atoms with Crippen molar-refractivity contribution in [1.29, 1.82) is 0 Å². The number of hydrogen-bond donors (Lipinski definition) is 2. The highest BCUT2D eigenvalue weighted by molar-refractivity contribution is 14.0. The van der Waals surface area contributed by atoms with Gasteiger partial charge in [-0.15, -0.1) is 24.0 Å². The van der Waals surface area contributed by atoms with E-state index in [9.17, 15) is 0 Å². The molecular weight excluding hydrogens is 421 g/mol. The summed E-state index contributed by atoms with van der Waals surface area (Å²) < 4.78 is 17.2. The number of nitrogens with two attached hydrogens (primary N) is 1. The van der Waals surface area contributed by atoms with Crippen LogP contribution in [0.25, 0.3) is 0 Å². The Morgan fingerprint density at radius 2 is 2.00 bits per heavy atom. The Bertz CT molecular complexity index is 521. The first-order chi connectivity index (χ1) is 11.3. The summed E-state index contributed by atoms with van der Waals surface area (Å²) in [5, 5.41) is 3.14. The van der Waals surface area contributed by atoms with Gasteiger partial charge < -0.3 is 25.3 Å². The zero-order valence-electron chi connectivity index (χ0n) is 13.8. The van der Waals surface area contributed by atoms with Crippen molar-refractivity contribution in [3.63, 3.8) is 0 Å². The first kappa shape index (κ1) is 19.4. The predicted octanol–water partition coefficient (Wildman–Crippen LogP) is 1.67.